The number of aromatic nitrogens is 1. The molecule has 1 saturated heterocycles. The molecule has 16 heteroatoms. The van der Waals surface area contributed by atoms with Gasteiger partial charge in [0.15, 0.2) is 16.5 Å². The zero-order valence-corrected chi connectivity index (χ0v) is 22.8. The van der Waals surface area contributed by atoms with Crippen molar-refractivity contribution in [1.29, 1.82) is 0 Å². The second kappa shape index (κ2) is 11.7. The molecule has 15 nitrogen and oxygen atoms in total. The Morgan fingerprint density at radius 3 is 2.54 bits per heavy atom. The molecule has 3 heterocycles. The van der Waals surface area contributed by atoms with E-state index in [9.17, 15) is 34.2 Å². The third-order valence-corrected chi connectivity index (χ3v) is 6.88. The predicted molar refractivity (Wildman–Crippen MR) is 144 cm³/mol. The Kier molecular flexibility index (Phi) is 8.34. The molecule has 0 unspecified atom stereocenters. The Morgan fingerprint density at radius 1 is 1.22 bits per heavy atom. The summed E-state index contributed by atoms with van der Waals surface area (Å²) in [7, 11) is 0. The summed E-state index contributed by atoms with van der Waals surface area (Å²) in [5, 5.41) is 31.7. The predicted octanol–water partition coefficient (Wildman–Crippen LogP) is -0.436. The smallest absolute Gasteiger partial charge is 0.354 e. The quantitative estimate of drug-likeness (QED) is 0.168. The Morgan fingerprint density at radius 2 is 1.93 bits per heavy atom. The Bertz CT molecular complexity index is 1450. The van der Waals surface area contributed by atoms with Crippen LogP contribution in [0.4, 0.5) is 5.13 Å². The second-order valence-electron chi connectivity index (χ2n) is 9.56. The molecule has 216 valence electrons. The maximum absolute atomic E-state index is 13.2. The molecule has 1 atom stereocenters. The average molecular weight is 586 g/mol. The number of carbonyl (C=O) groups excluding carboxylic acids is 3. The van der Waals surface area contributed by atoms with E-state index in [2.05, 4.69) is 20.8 Å². The molecule has 0 aliphatic carbocycles. The highest BCUT2D eigenvalue weighted by Gasteiger charge is 2.49. The van der Waals surface area contributed by atoms with Crippen molar-refractivity contribution in [2.45, 2.75) is 31.9 Å². The Labute approximate surface area is 237 Å². The number of hydrogen-bond acceptors (Lipinski definition) is 11. The van der Waals surface area contributed by atoms with Gasteiger partial charge in [-0.1, -0.05) is 35.5 Å². The number of nitrogens with one attached hydrogen (secondary N) is 2. The van der Waals surface area contributed by atoms with Crippen LogP contribution in [-0.4, -0.2) is 91.9 Å². The lowest BCUT2D eigenvalue weighted by molar-refractivity contribution is -0.161. The van der Waals surface area contributed by atoms with E-state index in [1.807, 2.05) is 30.3 Å². The maximum atomic E-state index is 13.2. The number of carbonyl (C=O) groups is 5. The lowest BCUT2D eigenvalue weighted by atomic mass is 10.1. The monoisotopic (exact) mass is 585 g/mol. The minimum absolute atomic E-state index is 0.0157. The number of carboxylic acids is 2. The van der Waals surface area contributed by atoms with Gasteiger partial charge in [-0.15, -0.1) is 11.3 Å². The summed E-state index contributed by atoms with van der Waals surface area (Å²) in [6, 6.07) is 8.19. The van der Waals surface area contributed by atoms with Crippen molar-refractivity contribution in [2.75, 3.05) is 25.4 Å². The normalized spacial score (nSPS) is 17.4. The van der Waals surface area contributed by atoms with Gasteiger partial charge in [0, 0.05) is 18.5 Å². The van der Waals surface area contributed by atoms with Gasteiger partial charge in [0.05, 0.1) is 12.1 Å². The molecule has 6 N–H and O–H groups in total. The van der Waals surface area contributed by atoms with Crippen molar-refractivity contribution >= 4 is 51.8 Å². The van der Waals surface area contributed by atoms with E-state index in [1.165, 1.54) is 24.2 Å². The van der Waals surface area contributed by atoms with Crippen molar-refractivity contribution < 1.29 is 39.0 Å². The third-order valence-electron chi connectivity index (χ3n) is 6.21. The number of oxime groups is 1. The number of rotatable bonds is 11. The lowest BCUT2D eigenvalue weighted by Gasteiger charge is -2.19. The van der Waals surface area contributed by atoms with Gasteiger partial charge in [-0.25, -0.2) is 24.6 Å². The third kappa shape index (κ3) is 6.33. The first-order chi connectivity index (χ1) is 19.4. The Balaban J connectivity index is 1.48. The van der Waals surface area contributed by atoms with Crippen molar-refractivity contribution in [3.63, 3.8) is 0 Å². The van der Waals surface area contributed by atoms with Crippen molar-refractivity contribution in [3.8, 4) is 0 Å². The van der Waals surface area contributed by atoms with Crippen LogP contribution in [0.1, 0.15) is 25.1 Å². The lowest BCUT2D eigenvalue weighted by Crippen LogP contribution is -2.46. The maximum Gasteiger partial charge on any atom is 0.354 e. The molecule has 0 bridgehead atoms. The van der Waals surface area contributed by atoms with Crippen LogP contribution < -0.4 is 16.4 Å². The van der Waals surface area contributed by atoms with Crippen LogP contribution in [0.3, 0.4) is 0 Å². The molecule has 41 heavy (non-hydrogen) atoms. The molecule has 0 spiro atoms. The number of carboxylic acid groups (broad SMARTS) is 2. The van der Waals surface area contributed by atoms with Gasteiger partial charge in [-0.2, -0.15) is 0 Å². The molecule has 2 aliphatic heterocycles. The zero-order chi connectivity index (χ0) is 29.9. The summed E-state index contributed by atoms with van der Waals surface area (Å²) in [6.45, 7) is 2.39. The summed E-state index contributed by atoms with van der Waals surface area (Å²) in [4.78, 5) is 71.8. The fraction of sp³-hybridized carbons (Fsp3) is 0.320. The molecule has 1 aromatic heterocycles. The van der Waals surface area contributed by atoms with Gasteiger partial charge in [0.1, 0.15) is 11.7 Å². The Hall–Kier alpha value is -4.83. The topological polar surface area (TPSA) is 217 Å². The number of thiazole rings is 1. The minimum Gasteiger partial charge on any atom is -0.478 e. The van der Waals surface area contributed by atoms with Crippen LogP contribution >= 0.6 is 11.3 Å². The first-order valence-electron chi connectivity index (χ1n) is 12.3. The molecule has 2 aliphatic rings. The van der Waals surface area contributed by atoms with E-state index in [-0.39, 0.29) is 36.0 Å². The molecule has 2 aromatic rings. The van der Waals surface area contributed by atoms with E-state index in [0.29, 0.717) is 6.42 Å². The van der Waals surface area contributed by atoms with Crippen molar-refractivity contribution in [1.82, 2.24) is 25.6 Å². The number of nitrogens with zero attached hydrogens (tertiary/aromatic N) is 4. The highest BCUT2D eigenvalue weighted by molar-refractivity contribution is 7.13. The van der Waals surface area contributed by atoms with Crippen LogP contribution in [-0.2, 0) is 35.2 Å². The van der Waals surface area contributed by atoms with E-state index >= 15 is 0 Å². The van der Waals surface area contributed by atoms with Crippen LogP contribution in [0, 0.1) is 0 Å². The molecule has 0 saturated carbocycles. The van der Waals surface area contributed by atoms with E-state index in [0.717, 1.165) is 21.9 Å². The van der Waals surface area contributed by atoms with Crippen molar-refractivity contribution in [2.24, 2.45) is 5.16 Å². The average Bonchev–Trinajstić information content (AvgIpc) is 3.59. The molecule has 4 rings (SSSR count). The number of nitrogens with two attached hydrogens (primary N) is 1. The van der Waals surface area contributed by atoms with E-state index in [1.54, 1.807) is 0 Å². The van der Waals surface area contributed by atoms with Crippen molar-refractivity contribution in [3.05, 3.63) is 58.2 Å². The molecule has 0 radical (unpaired) electrons. The van der Waals surface area contributed by atoms with E-state index in [4.69, 9.17) is 10.6 Å². The number of nitrogen functional groups attached to an aromatic ring is 1. The highest BCUT2D eigenvalue weighted by Crippen LogP contribution is 2.29. The summed E-state index contributed by atoms with van der Waals surface area (Å²) in [6.07, 6.45) is 0.532. The molecule has 3 amide bonds. The highest BCUT2D eigenvalue weighted by atomic mass is 32.1. The summed E-state index contributed by atoms with van der Waals surface area (Å²) < 4.78 is 0. The standard InChI is InChI=1S/C25H27N7O8S/c1-25(2,23(38)39)40-30-17(16-12-41-24(26)29-16)20(34)28-15-11-31-10-14(18(22(36)37)32(31)21(15)35)19(33)27-9-8-13-6-4-3-5-7-13/h3-7,12,15H,8-11H2,1-2H3,(H2,26,29)(H,27,33)(H,28,34)(H,36,37)(H,38,39)/b30-17-/t15-/m0/s1. The van der Waals surface area contributed by atoms with Gasteiger partial charge in [-0.05, 0) is 25.8 Å². The number of hydrazine groups is 1. The van der Waals surface area contributed by atoms with Crippen LogP contribution in [0.5, 0.6) is 0 Å². The van der Waals surface area contributed by atoms with Gasteiger partial charge in [0.2, 0.25) is 5.60 Å². The number of amides is 3. The number of benzene rings is 1. The second-order valence-corrected chi connectivity index (χ2v) is 10.5. The fourth-order valence-corrected chi connectivity index (χ4v) is 4.58. The number of aliphatic carboxylic acids is 2. The van der Waals surface area contributed by atoms with Gasteiger partial charge >= 0.3 is 11.9 Å². The van der Waals surface area contributed by atoms with Crippen LogP contribution in [0.15, 0.2) is 52.1 Å². The molecular weight excluding hydrogens is 558 g/mol. The number of anilines is 1. The molecular formula is C25H27N7O8S. The first kappa shape index (κ1) is 29.2. The SMILES string of the molecule is CC(C)(O/N=C(\C(=O)N[C@H]1CN2CC(C(=O)NCCc3ccccc3)=C(C(=O)O)N2C1=O)c1csc(N)n1)C(=O)O. The van der Waals surface area contributed by atoms with Gasteiger partial charge in [0.25, 0.3) is 17.7 Å². The summed E-state index contributed by atoms with van der Waals surface area (Å²) in [5.41, 5.74) is 3.82. The van der Waals surface area contributed by atoms with E-state index < -0.39 is 52.7 Å². The fourth-order valence-electron chi connectivity index (χ4n) is 4.03. The van der Waals surface area contributed by atoms with Crippen LogP contribution in [0.2, 0.25) is 0 Å². The van der Waals surface area contributed by atoms with Crippen LogP contribution in [0.25, 0.3) is 0 Å². The van der Waals surface area contributed by atoms with Gasteiger partial charge in [-0.3, -0.25) is 14.4 Å². The minimum atomic E-state index is -1.79. The number of hydrogen-bond donors (Lipinski definition) is 5. The van der Waals surface area contributed by atoms with Gasteiger partial charge < -0.3 is 31.4 Å². The summed E-state index contributed by atoms with van der Waals surface area (Å²) in [5.74, 6) is -5.16. The largest absolute Gasteiger partial charge is 0.478 e. The first-order valence-corrected chi connectivity index (χ1v) is 13.2. The molecule has 1 fully saturated rings. The molecule has 1 aromatic carbocycles. The summed E-state index contributed by atoms with van der Waals surface area (Å²) >= 11 is 0.999. The number of fused-ring (bicyclic) bond motifs is 1. The zero-order valence-electron chi connectivity index (χ0n) is 22.0.